The van der Waals surface area contributed by atoms with E-state index < -0.39 is 12.1 Å². The Morgan fingerprint density at radius 1 is 1.48 bits per heavy atom. The first-order valence-electron chi connectivity index (χ1n) is 7.84. The highest BCUT2D eigenvalue weighted by Crippen LogP contribution is 2.34. The molecule has 0 fully saturated rings. The average Bonchev–Trinajstić information content (AvgIpc) is 2.50. The van der Waals surface area contributed by atoms with Crippen LogP contribution in [-0.2, 0) is 14.3 Å². The van der Waals surface area contributed by atoms with E-state index >= 15 is 0 Å². The quantitative estimate of drug-likeness (QED) is 0.633. The molecule has 0 aliphatic carbocycles. The lowest BCUT2D eigenvalue weighted by atomic mass is 10.0. The summed E-state index contributed by atoms with van der Waals surface area (Å²) in [4.78, 5) is 30.0. The summed E-state index contributed by atoms with van der Waals surface area (Å²) in [5.41, 5.74) is 5.69. The van der Waals surface area contributed by atoms with Gasteiger partial charge in [0.05, 0.1) is 6.61 Å². The molecule has 1 atom stereocenters. The predicted molar refractivity (Wildman–Crippen MR) is 86.1 cm³/mol. The maximum absolute atomic E-state index is 12.6. The van der Waals surface area contributed by atoms with Gasteiger partial charge in [0, 0.05) is 0 Å². The van der Waals surface area contributed by atoms with Crippen LogP contribution in [0.1, 0.15) is 33.6 Å². The molecule has 0 saturated heterocycles. The van der Waals surface area contributed by atoms with Crippen LogP contribution in [0.3, 0.4) is 0 Å². The standard InChI is InChI=1S/C16H23N3O4/c1-4-5-8-22-13(20)9-19-15-11(6-7-12(17)18-15)23-14(10(2)3)16(19)21/h6-7,10,14H,4-5,8-9H2,1-3H3,(H2,17,18). The monoisotopic (exact) mass is 321 g/mol. The van der Waals surface area contributed by atoms with Crippen LogP contribution in [-0.4, -0.2) is 36.1 Å². The fourth-order valence-electron chi connectivity index (χ4n) is 2.26. The first kappa shape index (κ1) is 17.1. The molecule has 1 aromatic heterocycles. The summed E-state index contributed by atoms with van der Waals surface area (Å²) < 4.78 is 10.9. The number of aromatic nitrogens is 1. The van der Waals surface area contributed by atoms with Crippen molar-refractivity contribution < 1.29 is 19.1 Å². The molecule has 1 aromatic rings. The average molecular weight is 321 g/mol. The number of hydrogen-bond acceptors (Lipinski definition) is 6. The molecule has 0 bridgehead atoms. The van der Waals surface area contributed by atoms with Crippen LogP contribution in [0.25, 0.3) is 0 Å². The predicted octanol–water partition coefficient (Wildman–Crippen LogP) is 1.76. The molecule has 2 rings (SSSR count). The van der Waals surface area contributed by atoms with E-state index in [1.165, 1.54) is 4.90 Å². The number of unbranched alkanes of at least 4 members (excludes halogenated alkanes) is 1. The number of carbonyl (C=O) groups is 2. The lowest BCUT2D eigenvalue weighted by Crippen LogP contribution is -2.50. The zero-order valence-corrected chi connectivity index (χ0v) is 13.7. The van der Waals surface area contributed by atoms with Gasteiger partial charge in [-0.05, 0) is 24.5 Å². The van der Waals surface area contributed by atoms with Gasteiger partial charge in [0.2, 0.25) is 0 Å². The van der Waals surface area contributed by atoms with E-state index in [1.807, 2.05) is 20.8 Å². The smallest absolute Gasteiger partial charge is 0.326 e. The SMILES string of the molecule is CCCCOC(=O)CN1C(=O)C(C(C)C)Oc2ccc(N)nc21. The van der Waals surface area contributed by atoms with Gasteiger partial charge in [-0.1, -0.05) is 27.2 Å². The number of nitrogen functional groups attached to an aromatic ring is 1. The Hall–Kier alpha value is -2.31. The third-order valence-electron chi connectivity index (χ3n) is 3.53. The summed E-state index contributed by atoms with van der Waals surface area (Å²) in [7, 11) is 0. The Bertz CT molecular complexity index is 589. The van der Waals surface area contributed by atoms with Crippen molar-refractivity contribution >= 4 is 23.5 Å². The Labute approximate surface area is 135 Å². The molecule has 0 radical (unpaired) electrons. The summed E-state index contributed by atoms with van der Waals surface area (Å²) in [6.45, 7) is 5.93. The van der Waals surface area contributed by atoms with Crippen LogP contribution in [0.15, 0.2) is 12.1 Å². The van der Waals surface area contributed by atoms with Crippen molar-refractivity contribution in [1.82, 2.24) is 4.98 Å². The number of anilines is 2. The maximum atomic E-state index is 12.6. The van der Waals surface area contributed by atoms with Gasteiger partial charge >= 0.3 is 5.97 Å². The molecule has 1 amide bonds. The summed E-state index contributed by atoms with van der Waals surface area (Å²) in [6.07, 6.45) is 1.07. The van der Waals surface area contributed by atoms with Gasteiger partial charge in [-0.3, -0.25) is 14.5 Å². The van der Waals surface area contributed by atoms with Crippen LogP contribution in [0.5, 0.6) is 5.75 Å². The summed E-state index contributed by atoms with van der Waals surface area (Å²) in [5, 5.41) is 0. The number of nitrogens with zero attached hydrogens (tertiary/aromatic N) is 2. The number of carbonyl (C=O) groups excluding carboxylic acids is 2. The van der Waals surface area contributed by atoms with Gasteiger partial charge in [-0.25, -0.2) is 4.98 Å². The van der Waals surface area contributed by atoms with Crippen molar-refractivity contribution in [3.8, 4) is 5.75 Å². The van der Waals surface area contributed by atoms with E-state index in [9.17, 15) is 9.59 Å². The Kier molecular flexibility index (Phi) is 5.41. The number of amides is 1. The molecule has 1 unspecified atom stereocenters. The van der Waals surface area contributed by atoms with E-state index in [0.717, 1.165) is 12.8 Å². The fraction of sp³-hybridized carbons (Fsp3) is 0.562. The number of esters is 1. The summed E-state index contributed by atoms with van der Waals surface area (Å²) in [5.74, 6) is 0.155. The fourth-order valence-corrected chi connectivity index (χ4v) is 2.26. The highest BCUT2D eigenvalue weighted by atomic mass is 16.5. The number of rotatable bonds is 6. The van der Waals surface area contributed by atoms with Crippen molar-refractivity contribution in [2.45, 2.75) is 39.7 Å². The molecule has 126 valence electrons. The molecule has 0 aromatic carbocycles. The van der Waals surface area contributed by atoms with E-state index in [2.05, 4.69) is 4.98 Å². The Morgan fingerprint density at radius 2 is 2.22 bits per heavy atom. The van der Waals surface area contributed by atoms with Crippen LogP contribution in [0.4, 0.5) is 11.6 Å². The lowest BCUT2D eigenvalue weighted by molar-refractivity contribution is -0.144. The third-order valence-corrected chi connectivity index (χ3v) is 3.53. The number of nitrogens with two attached hydrogens (primary N) is 1. The Morgan fingerprint density at radius 3 is 2.87 bits per heavy atom. The number of ether oxygens (including phenoxy) is 2. The minimum Gasteiger partial charge on any atom is -0.476 e. The van der Waals surface area contributed by atoms with Gasteiger partial charge in [0.25, 0.3) is 5.91 Å². The van der Waals surface area contributed by atoms with E-state index in [4.69, 9.17) is 15.2 Å². The number of fused-ring (bicyclic) bond motifs is 1. The molecule has 1 aliphatic rings. The van der Waals surface area contributed by atoms with Crippen molar-refractivity contribution in [1.29, 1.82) is 0 Å². The number of pyridine rings is 1. The van der Waals surface area contributed by atoms with Crippen molar-refractivity contribution in [3.63, 3.8) is 0 Å². The van der Waals surface area contributed by atoms with E-state index in [-0.39, 0.29) is 30.0 Å². The summed E-state index contributed by atoms with van der Waals surface area (Å²) in [6, 6.07) is 3.26. The van der Waals surface area contributed by atoms with Crippen LogP contribution < -0.4 is 15.4 Å². The largest absolute Gasteiger partial charge is 0.476 e. The zero-order valence-electron chi connectivity index (χ0n) is 13.7. The van der Waals surface area contributed by atoms with Gasteiger partial charge in [-0.15, -0.1) is 0 Å². The second-order valence-corrected chi connectivity index (χ2v) is 5.84. The molecule has 7 heteroatoms. The van der Waals surface area contributed by atoms with Crippen molar-refractivity contribution in [2.24, 2.45) is 5.92 Å². The first-order chi connectivity index (χ1) is 10.9. The highest BCUT2D eigenvalue weighted by molar-refractivity contribution is 6.02. The lowest BCUT2D eigenvalue weighted by Gasteiger charge is -2.34. The van der Waals surface area contributed by atoms with Crippen LogP contribution in [0, 0.1) is 5.92 Å². The molecule has 7 nitrogen and oxygen atoms in total. The second kappa shape index (κ2) is 7.30. The normalized spacial score (nSPS) is 17.0. The van der Waals surface area contributed by atoms with Crippen molar-refractivity contribution in [2.75, 3.05) is 23.8 Å². The van der Waals surface area contributed by atoms with Gasteiger partial charge < -0.3 is 15.2 Å². The molecule has 2 heterocycles. The topological polar surface area (TPSA) is 94.8 Å². The highest BCUT2D eigenvalue weighted by Gasteiger charge is 2.38. The zero-order chi connectivity index (χ0) is 17.0. The van der Waals surface area contributed by atoms with Gasteiger partial charge in [-0.2, -0.15) is 0 Å². The Balaban J connectivity index is 2.23. The molecule has 2 N–H and O–H groups in total. The minimum atomic E-state index is -0.656. The van der Waals surface area contributed by atoms with E-state index in [1.54, 1.807) is 12.1 Å². The summed E-state index contributed by atoms with van der Waals surface area (Å²) >= 11 is 0. The van der Waals surface area contributed by atoms with E-state index in [0.29, 0.717) is 12.4 Å². The molecular formula is C16H23N3O4. The van der Waals surface area contributed by atoms with Gasteiger partial charge in [0.15, 0.2) is 17.7 Å². The minimum absolute atomic E-state index is 0.0354. The molecule has 0 saturated carbocycles. The van der Waals surface area contributed by atoms with Crippen LogP contribution >= 0.6 is 0 Å². The molecule has 23 heavy (non-hydrogen) atoms. The third kappa shape index (κ3) is 3.91. The molecular weight excluding hydrogens is 298 g/mol. The van der Waals surface area contributed by atoms with Crippen molar-refractivity contribution in [3.05, 3.63) is 12.1 Å². The first-order valence-corrected chi connectivity index (χ1v) is 7.84. The number of hydrogen-bond donors (Lipinski definition) is 1. The van der Waals surface area contributed by atoms with Crippen LogP contribution in [0.2, 0.25) is 0 Å². The van der Waals surface area contributed by atoms with Gasteiger partial charge in [0.1, 0.15) is 12.4 Å². The molecule has 1 aliphatic heterocycles. The second-order valence-electron chi connectivity index (χ2n) is 5.84. The molecule has 0 spiro atoms. The maximum Gasteiger partial charge on any atom is 0.326 e.